The summed E-state index contributed by atoms with van der Waals surface area (Å²) in [6.45, 7) is 0.554. The Labute approximate surface area is 98.7 Å². The molecule has 4 heteroatoms. The zero-order chi connectivity index (χ0) is 11.7. The van der Waals surface area contributed by atoms with Crippen LogP contribution >= 0.6 is 0 Å². The van der Waals surface area contributed by atoms with Crippen LogP contribution in [-0.4, -0.2) is 14.6 Å². The molecule has 4 nitrogen and oxygen atoms in total. The fourth-order valence-corrected chi connectivity index (χ4v) is 1.74. The Bertz CT molecular complexity index is 607. The molecule has 84 valence electrons. The van der Waals surface area contributed by atoms with Crippen molar-refractivity contribution < 1.29 is 0 Å². The smallest absolute Gasteiger partial charge is 0.182 e. The van der Waals surface area contributed by atoms with Gasteiger partial charge in [0.1, 0.15) is 0 Å². The van der Waals surface area contributed by atoms with Gasteiger partial charge in [0, 0.05) is 18.3 Å². The molecule has 0 saturated carbocycles. The number of hydrogen-bond donors (Lipinski definition) is 1. The van der Waals surface area contributed by atoms with Crippen molar-refractivity contribution in [3.63, 3.8) is 0 Å². The molecule has 0 aliphatic heterocycles. The third-order valence-electron chi connectivity index (χ3n) is 2.69. The van der Waals surface area contributed by atoms with Crippen molar-refractivity contribution in [2.45, 2.75) is 6.54 Å². The van der Waals surface area contributed by atoms with Crippen LogP contribution < -0.4 is 5.73 Å². The third kappa shape index (κ3) is 1.79. The van der Waals surface area contributed by atoms with Gasteiger partial charge in [-0.3, -0.25) is 0 Å². The van der Waals surface area contributed by atoms with Gasteiger partial charge in [-0.25, -0.2) is 9.50 Å². The van der Waals surface area contributed by atoms with Gasteiger partial charge in [0.25, 0.3) is 0 Å². The van der Waals surface area contributed by atoms with Crippen molar-refractivity contribution in [2.24, 2.45) is 5.73 Å². The summed E-state index contributed by atoms with van der Waals surface area (Å²) < 4.78 is 1.77. The quantitative estimate of drug-likeness (QED) is 0.722. The number of nitrogens with zero attached hydrogens (tertiary/aromatic N) is 3. The Kier molecular flexibility index (Phi) is 2.34. The predicted octanol–water partition coefficient (Wildman–Crippen LogP) is 1.85. The molecule has 0 aliphatic carbocycles. The van der Waals surface area contributed by atoms with Crippen LogP contribution in [0.4, 0.5) is 0 Å². The van der Waals surface area contributed by atoms with Gasteiger partial charge in [0.2, 0.25) is 0 Å². The second kappa shape index (κ2) is 3.99. The minimum atomic E-state index is 0.554. The second-order valence-electron chi connectivity index (χ2n) is 3.84. The highest BCUT2D eigenvalue weighted by atomic mass is 15.3. The van der Waals surface area contributed by atoms with Gasteiger partial charge in [0.15, 0.2) is 11.5 Å². The number of rotatable bonds is 2. The largest absolute Gasteiger partial charge is 0.326 e. The zero-order valence-corrected chi connectivity index (χ0v) is 9.24. The van der Waals surface area contributed by atoms with E-state index in [9.17, 15) is 0 Å². The summed E-state index contributed by atoms with van der Waals surface area (Å²) in [6.07, 6.45) is 1.89. The summed E-state index contributed by atoms with van der Waals surface area (Å²) in [5, 5.41) is 4.41. The molecule has 0 saturated heterocycles. The minimum Gasteiger partial charge on any atom is -0.326 e. The van der Waals surface area contributed by atoms with E-state index in [2.05, 4.69) is 10.1 Å². The van der Waals surface area contributed by atoms with Gasteiger partial charge in [-0.05, 0) is 17.7 Å². The van der Waals surface area contributed by atoms with Crippen LogP contribution in [0.2, 0.25) is 0 Å². The van der Waals surface area contributed by atoms with Crippen LogP contribution in [0.3, 0.4) is 0 Å². The van der Waals surface area contributed by atoms with Crippen molar-refractivity contribution in [3.8, 4) is 11.4 Å². The highest BCUT2D eigenvalue weighted by Crippen LogP contribution is 2.16. The maximum absolute atomic E-state index is 5.56. The molecule has 0 spiro atoms. The lowest BCUT2D eigenvalue weighted by Gasteiger charge is -1.97. The number of benzene rings is 1. The molecule has 0 amide bonds. The highest BCUT2D eigenvalue weighted by Gasteiger charge is 2.05. The van der Waals surface area contributed by atoms with Crippen molar-refractivity contribution in [1.29, 1.82) is 0 Å². The average Bonchev–Trinajstić information content (AvgIpc) is 2.82. The lowest BCUT2D eigenvalue weighted by molar-refractivity contribution is 0.965. The van der Waals surface area contributed by atoms with E-state index < -0.39 is 0 Å². The summed E-state index contributed by atoms with van der Waals surface area (Å²) in [4.78, 5) is 4.46. The maximum Gasteiger partial charge on any atom is 0.182 e. The van der Waals surface area contributed by atoms with E-state index in [4.69, 9.17) is 5.73 Å². The first-order chi connectivity index (χ1) is 8.36. The van der Waals surface area contributed by atoms with Crippen molar-refractivity contribution in [3.05, 3.63) is 54.2 Å². The molecule has 17 heavy (non-hydrogen) atoms. The predicted molar refractivity (Wildman–Crippen MR) is 66.3 cm³/mol. The molecular weight excluding hydrogens is 212 g/mol. The van der Waals surface area contributed by atoms with E-state index in [0.717, 1.165) is 22.6 Å². The summed E-state index contributed by atoms with van der Waals surface area (Å²) in [5.74, 6) is 0.736. The SMILES string of the molecule is NCc1ccc(-c2nc3ccccn3n2)cc1. The first-order valence-electron chi connectivity index (χ1n) is 5.47. The summed E-state index contributed by atoms with van der Waals surface area (Å²) in [7, 11) is 0. The maximum atomic E-state index is 5.56. The molecule has 1 aromatic carbocycles. The van der Waals surface area contributed by atoms with E-state index in [1.807, 2.05) is 48.7 Å². The Morgan fingerprint density at radius 2 is 1.88 bits per heavy atom. The van der Waals surface area contributed by atoms with Crippen molar-refractivity contribution in [1.82, 2.24) is 14.6 Å². The molecule has 0 bridgehead atoms. The second-order valence-corrected chi connectivity index (χ2v) is 3.84. The third-order valence-corrected chi connectivity index (χ3v) is 2.69. The van der Waals surface area contributed by atoms with Gasteiger partial charge in [0.05, 0.1) is 0 Å². The first kappa shape index (κ1) is 9.99. The lowest BCUT2D eigenvalue weighted by atomic mass is 10.1. The molecule has 0 unspecified atom stereocenters. The van der Waals surface area contributed by atoms with Crippen LogP contribution in [0.5, 0.6) is 0 Å². The van der Waals surface area contributed by atoms with Gasteiger partial charge >= 0.3 is 0 Å². The monoisotopic (exact) mass is 224 g/mol. The summed E-state index contributed by atoms with van der Waals surface area (Å²) in [5.41, 5.74) is 8.53. The molecule has 2 aromatic heterocycles. The van der Waals surface area contributed by atoms with E-state index in [0.29, 0.717) is 6.54 Å². The highest BCUT2D eigenvalue weighted by molar-refractivity contribution is 5.58. The van der Waals surface area contributed by atoms with Crippen LogP contribution in [0.15, 0.2) is 48.7 Å². The topological polar surface area (TPSA) is 56.2 Å². The molecule has 0 atom stereocenters. The summed E-state index contributed by atoms with van der Waals surface area (Å²) in [6, 6.07) is 13.8. The molecule has 0 fully saturated rings. The molecular formula is C13H12N4. The Balaban J connectivity index is 2.07. The van der Waals surface area contributed by atoms with Crippen LogP contribution in [-0.2, 0) is 6.54 Å². The van der Waals surface area contributed by atoms with E-state index in [1.165, 1.54) is 0 Å². The van der Waals surface area contributed by atoms with Gasteiger partial charge in [-0.1, -0.05) is 30.3 Å². The van der Waals surface area contributed by atoms with Crippen LogP contribution in [0.25, 0.3) is 17.0 Å². The number of fused-ring (bicyclic) bond motifs is 1. The zero-order valence-electron chi connectivity index (χ0n) is 9.24. The fourth-order valence-electron chi connectivity index (χ4n) is 1.74. The Morgan fingerprint density at radius 3 is 2.59 bits per heavy atom. The van der Waals surface area contributed by atoms with E-state index in [1.54, 1.807) is 4.52 Å². The van der Waals surface area contributed by atoms with Crippen molar-refractivity contribution >= 4 is 5.65 Å². The Hall–Kier alpha value is -2.20. The molecule has 0 aliphatic rings. The van der Waals surface area contributed by atoms with Gasteiger partial charge < -0.3 is 5.73 Å². The number of nitrogens with two attached hydrogens (primary N) is 1. The van der Waals surface area contributed by atoms with Gasteiger partial charge in [-0.15, -0.1) is 5.10 Å². The minimum absolute atomic E-state index is 0.554. The molecule has 0 radical (unpaired) electrons. The molecule has 2 N–H and O–H groups in total. The average molecular weight is 224 g/mol. The Morgan fingerprint density at radius 1 is 1.06 bits per heavy atom. The van der Waals surface area contributed by atoms with E-state index in [-0.39, 0.29) is 0 Å². The van der Waals surface area contributed by atoms with E-state index >= 15 is 0 Å². The number of hydrogen-bond acceptors (Lipinski definition) is 3. The standard InChI is InChI=1S/C13H12N4/c14-9-10-4-6-11(7-5-10)13-15-12-3-1-2-8-17(12)16-13/h1-8H,9,14H2. The lowest BCUT2D eigenvalue weighted by Crippen LogP contribution is -1.95. The summed E-state index contributed by atoms with van der Waals surface area (Å²) >= 11 is 0. The number of pyridine rings is 1. The van der Waals surface area contributed by atoms with Crippen LogP contribution in [0.1, 0.15) is 5.56 Å². The first-order valence-corrected chi connectivity index (χ1v) is 5.47. The normalized spacial score (nSPS) is 10.9. The van der Waals surface area contributed by atoms with Crippen molar-refractivity contribution in [2.75, 3.05) is 0 Å². The fraction of sp³-hybridized carbons (Fsp3) is 0.0769. The molecule has 2 heterocycles. The van der Waals surface area contributed by atoms with Crippen LogP contribution in [0, 0.1) is 0 Å². The number of aromatic nitrogens is 3. The molecule has 3 rings (SSSR count). The molecule has 3 aromatic rings. The van der Waals surface area contributed by atoms with Gasteiger partial charge in [-0.2, -0.15) is 0 Å².